The molecule has 0 aliphatic heterocycles. The number of aromatic nitrogens is 1. The zero-order chi connectivity index (χ0) is 23.1. The van der Waals surface area contributed by atoms with E-state index in [-0.39, 0.29) is 5.69 Å². The molecular formula is C22H22N2O7S. The van der Waals surface area contributed by atoms with E-state index in [1.807, 2.05) is 24.3 Å². The number of ether oxygens (including phenoxy) is 5. The van der Waals surface area contributed by atoms with Crippen molar-refractivity contribution in [2.45, 2.75) is 0 Å². The molecule has 3 rings (SSSR count). The molecule has 0 fully saturated rings. The lowest BCUT2D eigenvalue weighted by molar-refractivity contribution is -0.119. The first-order valence-electron chi connectivity index (χ1n) is 9.36. The predicted molar refractivity (Wildman–Crippen MR) is 119 cm³/mol. The zero-order valence-corrected chi connectivity index (χ0v) is 18.8. The van der Waals surface area contributed by atoms with Crippen molar-refractivity contribution in [3.63, 3.8) is 0 Å². The lowest BCUT2D eigenvalue weighted by atomic mass is 10.2. The van der Waals surface area contributed by atoms with Gasteiger partial charge in [-0.25, -0.2) is 9.78 Å². The number of benzene rings is 2. The highest BCUT2D eigenvalue weighted by Gasteiger charge is 2.17. The molecule has 1 N–H and O–H groups in total. The lowest BCUT2D eigenvalue weighted by Crippen LogP contribution is -2.21. The largest absolute Gasteiger partial charge is 0.497 e. The van der Waals surface area contributed by atoms with Gasteiger partial charge in [0.25, 0.3) is 5.91 Å². The molecule has 0 aliphatic carbocycles. The van der Waals surface area contributed by atoms with Crippen molar-refractivity contribution in [1.29, 1.82) is 0 Å². The van der Waals surface area contributed by atoms with Gasteiger partial charge >= 0.3 is 5.97 Å². The van der Waals surface area contributed by atoms with Gasteiger partial charge in [0, 0.05) is 28.8 Å². The summed E-state index contributed by atoms with van der Waals surface area (Å²) in [7, 11) is 6.01. The quantitative estimate of drug-likeness (QED) is 0.485. The van der Waals surface area contributed by atoms with Crippen molar-refractivity contribution in [3.05, 3.63) is 47.5 Å². The molecule has 0 spiro atoms. The van der Waals surface area contributed by atoms with E-state index < -0.39 is 18.5 Å². The smallest absolute Gasteiger partial charge is 0.358 e. The van der Waals surface area contributed by atoms with Crippen molar-refractivity contribution >= 4 is 28.9 Å². The summed E-state index contributed by atoms with van der Waals surface area (Å²) in [4.78, 5) is 28.8. The average molecular weight is 458 g/mol. The lowest BCUT2D eigenvalue weighted by Gasteiger charge is -2.14. The molecule has 9 nitrogen and oxygen atoms in total. The number of carbonyl (C=O) groups is 2. The fraction of sp³-hybridized carbons (Fsp3) is 0.227. The molecule has 0 atom stereocenters. The second kappa shape index (κ2) is 10.5. The third-order valence-corrected chi connectivity index (χ3v) is 5.22. The van der Waals surface area contributed by atoms with Crippen molar-refractivity contribution in [1.82, 2.24) is 4.98 Å². The van der Waals surface area contributed by atoms with Crippen LogP contribution in [-0.2, 0) is 9.53 Å². The number of nitrogens with one attached hydrogen (secondary N) is 1. The van der Waals surface area contributed by atoms with Crippen LogP contribution in [0.4, 0.5) is 5.69 Å². The maximum Gasteiger partial charge on any atom is 0.358 e. The number of rotatable bonds is 9. The van der Waals surface area contributed by atoms with Gasteiger partial charge in [-0.3, -0.25) is 4.79 Å². The summed E-state index contributed by atoms with van der Waals surface area (Å²) in [5.74, 6) is 0.665. The Kier molecular flexibility index (Phi) is 7.50. The molecule has 0 radical (unpaired) electrons. The van der Waals surface area contributed by atoms with Gasteiger partial charge in [0.05, 0.1) is 28.4 Å². The molecule has 0 bridgehead atoms. The van der Waals surface area contributed by atoms with Crippen molar-refractivity contribution in [3.8, 4) is 33.6 Å². The monoisotopic (exact) mass is 458 g/mol. The molecule has 3 aromatic rings. The van der Waals surface area contributed by atoms with Gasteiger partial charge < -0.3 is 29.0 Å². The topological polar surface area (TPSA) is 105 Å². The Balaban J connectivity index is 1.60. The molecule has 1 aromatic heterocycles. The Morgan fingerprint density at radius 1 is 0.938 bits per heavy atom. The van der Waals surface area contributed by atoms with E-state index in [1.54, 1.807) is 24.6 Å². The van der Waals surface area contributed by atoms with Crippen molar-refractivity contribution < 1.29 is 33.3 Å². The number of amides is 1. The van der Waals surface area contributed by atoms with Gasteiger partial charge in [-0.05, 0) is 24.3 Å². The van der Waals surface area contributed by atoms with Crippen LogP contribution in [0.15, 0.2) is 41.8 Å². The molecule has 168 valence electrons. The SMILES string of the molecule is COc1ccc(-c2nc(C(=O)OCC(=O)Nc3cc(OC)c(OC)c(OC)c3)cs2)cc1. The van der Waals surface area contributed by atoms with Crippen LogP contribution in [0.2, 0.25) is 0 Å². The Bertz CT molecular complexity index is 1070. The number of thiazole rings is 1. The molecule has 0 saturated heterocycles. The minimum absolute atomic E-state index is 0.126. The van der Waals surface area contributed by atoms with Gasteiger partial charge in [0.2, 0.25) is 5.75 Å². The van der Waals surface area contributed by atoms with Crippen LogP contribution < -0.4 is 24.3 Å². The molecule has 0 unspecified atom stereocenters. The van der Waals surface area contributed by atoms with E-state index in [2.05, 4.69) is 10.3 Å². The number of hydrogen-bond donors (Lipinski definition) is 1. The van der Waals surface area contributed by atoms with E-state index in [1.165, 1.54) is 32.7 Å². The normalized spacial score (nSPS) is 10.2. The standard InChI is InChI=1S/C22H22N2O7S/c1-27-15-7-5-13(6-8-15)21-24-16(12-32-21)22(26)31-11-19(25)23-14-9-17(28-2)20(30-4)18(10-14)29-3/h5-10,12H,11H2,1-4H3,(H,23,25). The highest BCUT2D eigenvalue weighted by molar-refractivity contribution is 7.13. The Morgan fingerprint density at radius 2 is 1.59 bits per heavy atom. The first-order valence-corrected chi connectivity index (χ1v) is 10.2. The van der Waals surface area contributed by atoms with E-state index in [9.17, 15) is 9.59 Å². The Hall–Kier alpha value is -3.79. The van der Waals surface area contributed by atoms with E-state index in [0.29, 0.717) is 27.9 Å². The predicted octanol–water partition coefficient (Wildman–Crippen LogP) is 3.64. The van der Waals surface area contributed by atoms with Gasteiger partial charge in [-0.2, -0.15) is 0 Å². The minimum atomic E-state index is -0.693. The van der Waals surface area contributed by atoms with Crippen LogP contribution in [0.3, 0.4) is 0 Å². The number of nitrogens with zero attached hydrogens (tertiary/aromatic N) is 1. The summed E-state index contributed by atoms with van der Waals surface area (Å²) in [5.41, 5.74) is 1.37. The molecule has 10 heteroatoms. The summed E-state index contributed by atoms with van der Waals surface area (Å²) in [6.45, 7) is -0.481. The second-order valence-corrected chi connectivity index (χ2v) is 7.16. The van der Waals surface area contributed by atoms with E-state index in [0.717, 1.165) is 11.3 Å². The maximum absolute atomic E-state index is 12.3. The molecule has 2 aromatic carbocycles. The van der Waals surface area contributed by atoms with E-state index in [4.69, 9.17) is 23.7 Å². The van der Waals surface area contributed by atoms with Crippen molar-refractivity contribution in [2.24, 2.45) is 0 Å². The van der Waals surface area contributed by atoms with Crippen LogP contribution in [0, 0.1) is 0 Å². The first kappa shape index (κ1) is 22.9. The Morgan fingerprint density at radius 3 is 2.16 bits per heavy atom. The molecule has 32 heavy (non-hydrogen) atoms. The number of esters is 1. The summed E-state index contributed by atoms with van der Waals surface area (Å²) >= 11 is 1.30. The third kappa shape index (κ3) is 5.27. The molecule has 0 saturated carbocycles. The van der Waals surface area contributed by atoms with Crippen LogP contribution in [-0.4, -0.2) is 51.9 Å². The maximum atomic E-state index is 12.3. The van der Waals surface area contributed by atoms with Crippen LogP contribution in [0.25, 0.3) is 10.6 Å². The highest BCUT2D eigenvalue weighted by atomic mass is 32.1. The summed E-state index contributed by atoms with van der Waals surface area (Å²) in [5, 5.41) is 4.87. The second-order valence-electron chi connectivity index (χ2n) is 6.30. The zero-order valence-electron chi connectivity index (χ0n) is 18.0. The highest BCUT2D eigenvalue weighted by Crippen LogP contribution is 2.39. The van der Waals surface area contributed by atoms with Crippen LogP contribution >= 0.6 is 11.3 Å². The first-order chi connectivity index (χ1) is 15.5. The summed E-state index contributed by atoms with van der Waals surface area (Å²) in [6.07, 6.45) is 0. The van der Waals surface area contributed by atoms with Crippen LogP contribution in [0.1, 0.15) is 10.5 Å². The fourth-order valence-electron chi connectivity index (χ4n) is 2.79. The minimum Gasteiger partial charge on any atom is -0.497 e. The summed E-state index contributed by atoms with van der Waals surface area (Å²) in [6, 6.07) is 10.4. The van der Waals surface area contributed by atoms with Crippen molar-refractivity contribution in [2.75, 3.05) is 40.4 Å². The van der Waals surface area contributed by atoms with Gasteiger partial charge in [0.15, 0.2) is 23.8 Å². The number of anilines is 1. The Labute approximate surface area is 188 Å². The van der Waals surface area contributed by atoms with E-state index >= 15 is 0 Å². The molecular weight excluding hydrogens is 436 g/mol. The van der Waals surface area contributed by atoms with Gasteiger partial charge in [0.1, 0.15) is 10.8 Å². The summed E-state index contributed by atoms with van der Waals surface area (Å²) < 4.78 is 26.0. The molecule has 1 heterocycles. The molecule has 0 aliphatic rings. The third-order valence-electron chi connectivity index (χ3n) is 4.33. The number of carbonyl (C=O) groups excluding carboxylic acids is 2. The van der Waals surface area contributed by atoms with Gasteiger partial charge in [-0.1, -0.05) is 0 Å². The van der Waals surface area contributed by atoms with Gasteiger partial charge in [-0.15, -0.1) is 11.3 Å². The average Bonchev–Trinajstić information content (AvgIpc) is 3.32. The number of methoxy groups -OCH3 is 4. The molecule has 1 amide bonds. The number of hydrogen-bond acceptors (Lipinski definition) is 9. The van der Waals surface area contributed by atoms with Crippen LogP contribution in [0.5, 0.6) is 23.0 Å². The fourth-order valence-corrected chi connectivity index (χ4v) is 3.58.